The van der Waals surface area contributed by atoms with Crippen molar-refractivity contribution in [2.75, 3.05) is 19.6 Å². The molecule has 1 aromatic carbocycles. The van der Waals surface area contributed by atoms with E-state index in [1.807, 2.05) is 0 Å². The second-order valence-corrected chi connectivity index (χ2v) is 6.93. The van der Waals surface area contributed by atoms with E-state index < -0.39 is 0 Å². The number of carbonyl (C=O) groups is 1. The van der Waals surface area contributed by atoms with Crippen molar-refractivity contribution in [2.24, 2.45) is 5.92 Å². The summed E-state index contributed by atoms with van der Waals surface area (Å²) in [5.41, 5.74) is 5.00. The molecule has 4 heterocycles. The Bertz CT molecular complexity index is 643. The van der Waals surface area contributed by atoms with Crippen molar-refractivity contribution in [3.05, 3.63) is 34.7 Å². The summed E-state index contributed by atoms with van der Waals surface area (Å²) in [6.07, 6.45) is 3.52. The molecular formula is C16H18N2OS. The minimum Gasteiger partial charge on any atom is -0.297 e. The molecule has 4 heteroatoms. The van der Waals surface area contributed by atoms with Crippen LogP contribution in [0.2, 0.25) is 0 Å². The van der Waals surface area contributed by atoms with E-state index in [0.29, 0.717) is 5.92 Å². The van der Waals surface area contributed by atoms with E-state index >= 15 is 0 Å². The first kappa shape index (κ1) is 12.5. The van der Waals surface area contributed by atoms with Crippen LogP contribution in [0.15, 0.2) is 24.3 Å². The number of nitrogens with zero attached hydrogens (tertiary/aromatic N) is 1. The topological polar surface area (TPSA) is 32.3 Å². The van der Waals surface area contributed by atoms with Gasteiger partial charge in [-0.05, 0) is 41.8 Å². The molecule has 20 heavy (non-hydrogen) atoms. The summed E-state index contributed by atoms with van der Waals surface area (Å²) in [6, 6.07) is 8.59. The normalized spacial score (nSPS) is 29.5. The smallest absolute Gasteiger partial charge is 0.160 e. The number of nitrogens with one attached hydrogen (secondary N) is 1. The zero-order valence-corrected chi connectivity index (χ0v) is 12.2. The number of hydrogen-bond acceptors (Lipinski definition) is 4. The Morgan fingerprint density at radius 2 is 2.15 bits per heavy atom. The van der Waals surface area contributed by atoms with Crippen molar-refractivity contribution < 1.29 is 4.79 Å². The van der Waals surface area contributed by atoms with Gasteiger partial charge in [0.15, 0.2) is 6.29 Å². The van der Waals surface area contributed by atoms with Crippen LogP contribution in [0.25, 0.3) is 10.1 Å². The second kappa shape index (κ2) is 4.95. The fourth-order valence-electron chi connectivity index (χ4n) is 3.70. The number of benzene rings is 1. The molecule has 1 unspecified atom stereocenters. The SMILES string of the molecule is O=Cc1cc2c(C3CNN4CCC3CC4)cccc2s1. The second-order valence-electron chi connectivity index (χ2n) is 5.82. The highest BCUT2D eigenvalue weighted by Gasteiger charge is 2.32. The number of carbonyl (C=O) groups excluding carboxylic acids is 1. The fourth-order valence-corrected chi connectivity index (χ4v) is 4.61. The van der Waals surface area contributed by atoms with Crippen molar-refractivity contribution in [3.63, 3.8) is 0 Å². The lowest BCUT2D eigenvalue weighted by Crippen LogP contribution is -2.39. The summed E-state index contributed by atoms with van der Waals surface area (Å²) in [5.74, 6) is 1.34. The molecule has 0 radical (unpaired) electrons. The van der Waals surface area contributed by atoms with Crippen LogP contribution in [0.1, 0.15) is 34.0 Å². The maximum Gasteiger partial charge on any atom is 0.160 e. The van der Waals surface area contributed by atoms with Crippen molar-refractivity contribution in [1.82, 2.24) is 10.4 Å². The molecule has 0 amide bonds. The Labute approximate surface area is 122 Å². The molecule has 3 saturated heterocycles. The van der Waals surface area contributed by atoms with Crippen molar-refractivity contribution in [2.45, 2.75) is 18.8 Å². The molecule has 2 aromatic rings. The first-order chi connectivity index (χ1) is 9.85. The van der Waals surface area contributed by atoms with Gasteiger partial charge in [-0.2, -0.15) is 0 Å². The lowest BCUT2D eigenvalue weighted by molar-refractivity contribution is 0.112. The van der Waals surface area contributed by atoms with Crippen molar-refractivity contribution in [3.8, 4) is 0 Å². The molecule has 5 rings (SSSR count). The van der Waals surface area contributed by atoms with E-state index in [-0.39, 0.29) is 0 Å². The average molecular weight is 286 g/mol. The van der Waals surface area contributed by atoms with Gasteiger partial charge in [0.25, 0.3) is 0 Å². The quantitative estimate of drug-likeness (QED) is 0.861. The largest absolute Gasteiger partial charge is 0.297 e. The zero-order chi connectivity index (χ0) is 13.5. The first-order valence-electron chi connectivity index (χ1n) is 7.31. The van der Waals surface area contributed by atoms with Gasteiger partial charge in [0.05, 0.1) is 4.88 Å². The standard InChI is InChI=1S/C16H18N2OS/c19-10-12-8-14-13(2-1-3-16(14)20-12)15-9-17-18-6-4-11(15)5-7-18/h1-3,8,10-11,15,17H,4-7,9H2. The van der Waals surface area contributed by atoms with E-state index in [1.165, 1.54) is 41.6 Å². The number of fused-ring (bicyclic) bond motifs is 5. The van der Waals surface area contributed by atoms with Gasteiger partial charge in [-0.25, -0.2) is 5.01 Å². The molecule has 3 nitrogen and oxygen atoms in total. The molecule has 3 aliphatic heterocycles. The van der Waals surface area contributed by atoms with Gasteiger partial charge in [-0.1, -0.05) is 12.1 Å². The van der Waals surface area contributed by atoms with Crippen LogP contribution in [-0.4, -0.2) is 30.9 Å². The highest BCUT2D eigenvalue weighted by atomic mass is 32.1. The lowest BCUT2D eigenvalue weighted by Gasteiger charge is -2.28. The number of piperidine rings is 1. The zero-order valence-electron chi connectivity index (χ0n) is 11.3. The fraction of sp³-hybridized carbons (Fsp3) is 0.438. The summed E-state index contributed by atoms with van der Waals surface area (Å²) in [7, 11) is 0. The van der Waals surface area contributed by atoms with Crippen LogP contribution in [0, 0.1) is 5.92 Å². The summed E-state index contributed by atoms with van der Waals surface area (Å²) in [4.78, 5) is 11.9. The van der Waals surface area contributed by atoms with Gasteiger partial charge >= 0.3 is 0 Å². The molecular weight excluding hydrogens is 268 g/mol. The summed E-state index contributed by atoms with van der Waals surface area (Å²) in [5, 5.41) is 3.65. The molecule has 0 spiro atoms. The monoisotopic (exact) mass is 286 g/mol. The van der Waals surface area contributed by atoms with Crippen molar-refractivity contribution in [1.29, 1.82) is 0 Å². The number of hydrogen-bond donors (Lipinski definition) is 1. The number of hydrazine groups is 1. The molecule has 0 aliphatic carbocycles. The minimum absolute atomic E-state index is 0.570. The van der Waals surface area contributed by atoms with E-state index in [0.717, 1.165) is 23.6 Å². The van der Waals surface area contributed by atoms with Gasteiger partial charge < -0.3 is 0 Å². The van der Waals surface area contributed by atoms with Crippen molar-refractivity contribution >= 4 is 27.7 Å². The molecule has 104 valence electrons. The molecule has 1 aromatic heterocycles. The van der Waals surface area contributed by atoms with E-state index in [1.54, 1.807) is 11.3 Å². The number of rotatable bonds is 2. The van der Waals surface area contributed by atoms with Crippen LogP contribution < -0.4 is 5.43 Å². The molecule has 3 aliphatic rings. The number of aldehydes is 1. The lowest BCUT2D eigenvalue weighted by atomic mass is 9.80. The van der Waals surface area contributed by atoms with E-state index in [4.69, 9.17) is 0 Å². The maximum absolute atomic E-state index is 11.0. The Morgan fingerprint density at radius 3 is 2.95 bits per heavy atom. The van der Waals surface area contributed by atoms with E-state index in [2.05, 4.69) is 34.7 Å². The predicted molar refractivity (Wildman–Crippen MR) is 82.3 cm³/mol. The molecule has 1 N–H and O–H groups in total. The Morgan fingerprint density at radius 1 is 1.30 bits per heavy atom. The third kappa shape index (κ3) is 1.99. The van der Waals surface area contributed by atoms with Gasteiger partial charge in [-0.3, -0.25) is 10.2 Å². The summed E-state index contributed by atoms with van der Waals surface area (Å²) >= 11 is 1.60. The highest BCUT2D eigenvalue weighted by Crippen LogP contribution is 2.39. The molecule has 2 bridgehead atoms. The van der Waals surface area contributed by atoms with Crippen LogP contribution in [0.3, 0.4) is 0 Å². The van der Waals surface area contributed by atoms with Crippen LogP contribution in [0.4, 0.5) is 0 Å². The Balaban J connectivity index is 1.80. The summed E-state index contributed by atoms with van der Waals surface area (Å²) in [6.45, 7) is 3.36. The third-order valence-electron chi connectivity index (χ3n) is 4.77. The van der Waals surface area contributed by atoms with Gasteiger partial charge in [0, 0.05) is 30.3 Å². The van der Waals surface area contributed by atoms with Gasteiger partial charge in [0.2, 0.25) is 0 Å². The number of thiophene rings is 1. The van der Waals surface area contributed by atoms with Crippen LogP contribution >= 0.6 is 11.3 Å². The summed E-state index contributed by atoms with van der Waals surface area (Å²) < 4.78 is 1.24. The predicted octanol–water partition coefficient (Wildman–Crippen LogP) is 3.03. The van der Waals surface area contributed by atoms with Crippen LogP contribution in [-0.2, 0) is 0 Å². The Kier molecular flexibility index (Phi) is 3.10. The van der Waals surface area contributed by atoms with Crippen LogP contribution in [0.5, 0.6) is 0 Å². The van der Waals surface area contributed by atoms with Gasteiger partial charge in [-0.15, -0.1) is 11.3 Å². The van der Waals surface area contributed by atoms with E-state index in [9.17, 15) is 4.79 Å². The maximum atomic E-state index is 11.0. The first-order valence-corrected chi connectivity index (χ1v) is 8.13. The molecule has 3 fully saturated rings. The minimum atomic E-state index is 0.570. The highest BCUT2D eigenvalue weighted by molar-refractivity contribution is 7.20. The Hall–Kier alpha value is -1.23. The molecule has 0 saturated carbocycles. The molecule has 1 atom stereocenters. The average Bonchev–Trinajstić information content (AvgIpc) is 2.70. The third-order valence-corrected chi connectivity index (χ3v) is 5.80. The van der Waals surface area contributed by atoms with Gasteiger partial charge in [0.1, 0.15) is 0 Å².